The molecule has 0 spiro atoms. The van der Waals surface area contributed by atoms with E-state index in [0.717, 1.165) is 55.5 Å². The third-order valence-electron chi connectivity index (χ3n) is 5.72. The number of aromatic nitrogens is 6. The summed E-state index contributed by atoms with van der Waals surface area (Å²) >= 11 is 0. The van der Waals surface area contributed by atoms with E-state index in [0.29, 0.717) is 6.04 Å². The van der Waals surface area contributed by atoms with Gasteiger partial charge in [0.15, 0.2) is 17.3 Å². The molecule has 8 nitrogen and oxygen atoms in total. The molecule has 1 saturated heterocycles. The van der Waals surface area contributed by atoms with Crippen LogP contribution in [-0.2, 0) is 19.4 Å². The van der Waals surface area contributed by atoms with Crippen molar-refractivity contribution in [3.05, 3.63) is 41.0 Å². The highest BCUT2D eigenvalue weighted by molar-refractivity contribution is 5.45. The minimum absolute atomic E-state index is 0.472. The van der Waals surface area contributed by atoms with E-state index >= 15 is 0 Å². The van der Waals surface area contributed by atoms with Crippen molar-refractivity contribution in [2.75, 3.05) is 25.0 Å². The number of hydrogen-bond acceptors (Lipinski definition) is 7. The van der Waals surface area contributed by atoms with Gasteiger partial charge in [0.2, 0.25) is 0 Å². The highest BCUT2D eigenvalue weighted by Gasteiger charge is 2.32. The minimum Gasteiger partial charge on any atom is -0.352 e. The number of hydrogen-bond donors (Lipinski definition) is 0. The van der Waals surface area contributed by atoms with Crippen LogP contribution in [-0.4, -0.2) is 61.1 Å². The molecular weight excluding hydrogens is 340 g/mol. The molecule has 5 rings (SSSR count). The summed E-state index contributed by atoms with van der Waals surface area (Å²) in [5.74, 6) is 1.90. The number of likely N-dealkylation sites (N-methyl/N-ethyl adjacent to an activating group) is 1. The maximum absolute atomic E-state index is 4.53. The maximum atomic E-state index is 4.53. The van der Waals surface area contributed by atoms with Crippen LogP contribution >= 0.6 is 0 Å². The predicted octanol–water partition coefficient (Wildman–Crippen LogP) is 1.42. The zero-order valence-electron chi connectivity index (χ0n) is 15.8. The Hall–Kier alpha value is -2.61. The normalized spacial score (nSPS) is 17.4. The van der Waals surface area contributed by atoms with Crippen LogP contribution < -0.4 is 4.90 Å². The van der Waals surface area contributed by atoms with Crippen LogP contribution in [0.4, 0.5) is 5.82 Å². The summed E-state index contributed by atoms with van der Waals surface area (Å²) in [7, 11) is 2.14. The van der Waals surface area contributed by atoms with Gasteiger partial charge >= 0.3 is 0 Å². The molecule has 0 radical (unpaired) electrons. The number of aryl methyl sites for hydroxylation is 3. The van der Waals surface area contributed by atoms with Gasteiger partial charge in [-0.25, -0.2) is 0 Å². The van der Waals surface area contributed by atoms with E-state index in [1.807, 2.05) is 23.6 Å². The summed E-state index contributed by atoms with van der Waals surface area (Å²) in [4.78, 5) is 4.64. The molecule has 4 heterocycles. The van der Waals surface area contributed by atoms with Gasteiger partial charge in [0.1, 0.15) is 0 Å². The average molecular weight is 364 g/mol. The molecule has 8 heteroatoms. The molecule has 0 amide bonds. The van der Waals surface area contributed by atoms with Crippen molar-refractivity contribution in [3.63, 3.8) is 0 Å². The first-order valence-corrected chi connectivity index (χ1v) is 9.66. The van der Waals surface area contributed by atoms with Crippen LogP contribution in [0.25, 0.3) is 5.65 Å². The molecule has 3 aromatic heterocycles. The molecule has 0 N–H and O–H groups in total. The van der Waals surface area contributed by atoms with Crippen molar-refractivity contribution >= 4 is 11.5 Å². The Morgan fingerprint density at radius 2 is 1.93 bits per heavy atom. The van der Waals surface area contributed by atoms with Crippen LogP contribution in [0, 0.1) is 6.92 Å². The number of rotatable bonds is 4. The lowest BCUT2D eigenvalue weighted by Crippen LogP contribution is -2.58. The Kier molecular flexibility index (Phi) is 4.00. The Bertz CT molecular complexity index is 975. The molecule has 3 aromatic rings. The van der Waals surface area contributed by atoms with Crippen LogP contribution in [0.2, 0.25) is 0 Å². The van der Waals surface area contributed by atoms with E-state index in [2.05, 4.69) is 48.4 Å². The van der Waals surface area contributed by atoms with E-state index < -0.39 is 0 Å². The Morgan fingerprint density at radius 3 is 2.81 bits per heavy atom. The third-order valence-corrected chi connectivity index (χ3v) is 5.72. The van der Waals surface area contributed by atoms with Crippen LogP contribution in [0.15, 0.2) is 18.2 Å². The molecular formula is C19H24N8. The molecule has 1 fully saturated rings. The standard InChI is InChI=1S/C19H24N8/c1-13-7-8-17-21-23-19(27(17)24-13)12-25(2)15-10-26(11-15)18-9-14-5-3-4-6-16(14)20-22-18/h7-9,15H,3-6,10-12H2,1-2H3. The lowest BCUT2D eigenvalue weighted by Gasteiger charge is -2.44. The number of nitrogens with zero attached hydrogens (tertiary/aromatic N) is 8. The fraction of sp³-hybridized carbons (Fsp3) is 0.526. The first-order chi connectivity index (χ1) is 13.2. The zero-order chi connectivity index (χ0) is 18.4. The lowest BCUT2D eigenvalue weighted by molar-refractivity contribution is 0.191. The summed E-state index contributed by atoms with van der Waals surface area (Å²) < 4.78 is 1.84. The van der Waals surface area contributed by atoms with Gasteiger partial charge < -0.3 is 4.90 Å². The SMILES string of the molecule is Cc1ccc2nnc(CN(C)C3CN(c4cc5c(nn4)CCCC5)C3)n2n1. The van der Waals surface area contributed by atoms with Gasteiger partial charge in [-0.1, -0.05) is 0 Å². The Balaban J connectivity index is 1.24. The van der Waals surface area contributed by atoms with Crippen LogP contribution in [0.1, 0.15) is 35.6 Å². The topological polar surface area (TPSA) is 75.3 Å². The van der Waals surface area contributed by atoms with Crippen molar-refractivity contribution in [2.24, 2.45) is 0 Å². The fourth-order valence-corrected chi connectivity index (χ4v) is 3.93. The summed E-state index contributed by atoms with van der Waals surface area (Å²) in [5.41, 5.74) is 4.34. The predicted molar refractivity (Wildman–Crippen MR) is 102 cm³/mol. The largest absolute Gasteiger partial charge is 0.352 e. The molecule has 2 aliphatic rings. The molecule has 1 aliphatic heterocycles. The smallest absolute Gasteiger partial charge is 0.177 e. The fourth-order valence-electron chi connectivity index (χ4n) is 3.93. The number of fused-ring (bicyclic) bond motifs is 2. The Labute approximate surface area is 158 Å². The monoisotopic (exact) mass is 364 g/mol. The highest BCUT2D eigenvalue weighted by Crippen LogP contribution is 2.26. The lowest BCUT2D eigenvalue weighted by atomic mass is 9.96. The van der Waals surface area contributed by atoms with E-state index in [1.165, 1.54) is 24.1 Å². The summed E-state index contributed by atoms with van der Waals surface area (Å²) in [6.07, 6.45) is 4.72. The summed E-state index contributed by atoms with van der Waals surface area (Å²) in [5, 5.41) is 22.0. The van der Waals surface area contributed by atoms with E-state index in [-0.39, 0.29) is 0 Å². The van der Waals surface area contributed by atoms with Crippen LogP contribution in [0.3, 0.4) is 0 Å². The molecule has 0 bridgehead atoms. The van der Waals surface area contributed by atoms with Gasteiger partial charge in [-0.05, 0) is 63.4 Å². The van der Waals surface area contributed by atoms with Gasteiger partial charge in [0.05, 0.1) is 17.9 Å². The molecule has 0 saturated carbocycles. The quantitative estimate of drug-likeness (QED) is 0.693. The maximum Gasteiger partial charge on any atom is 0.177 e. The molecule has 1 aliphatic carbocycles. The Morgan fingerprint density at radius 1 is 1.07 bits per heavy atom. The highest BCUT2D eigenvalue weighted by atomic mass is 15.4. The van der Waals surface area contributed by atoms with Gasteiger partial charge in [-0.3, -0.25) is 4.90 Å². The first kappa shape index (κ1) is 16.6. The molecule has 0 unspecified atom stereocenters. The van der Waals surface area contributed by atoms with Crippen molar-refractivity contribution < 1.29 is 0 Å². The van der Waals surface area contributed by atoms with E-state index in [4.69, 9.17) is 0 Å². The van der Waals surface area contributed by atoms with Crippen molar-refractivity contribution in [1.82, 2.24) is 34.9 Å². The minimum atomic E-state index is 0.472. The van der Waals surface area contributed by atoms with E-state index in [9.17, 15) is 0 Å². The van der Waals surface area contributed by atoms with Crippen molar-refractivity contribution in [1.29, 1.82) is 0 Å². The second-order valence-electron chi connectivity index (χ2n) is 7.72. The zero-order valence-corrected chi connectivity index (χ0v) is 15.8. The third kappa shape index (κ3) is 3.03. The number of anilines is 1. The molecule has 0 aromatic carbocycles. The van der Waals surface area contributed by atoms with Gasteiger partial charge in [0.25, 0.3) is 0 Å². The summed E-state index contributed by atoms with van der Waals surface area (Å²) in [6.45, 7) is 4.64. The van der Waals surface area contributed by atoms with Gasteiger partial charge in [0, 0.05) is 19.1 Å². The van der Waals surface area contributed by atoms with E-state index in [1.54, 1.807) is 0 Å². The van der Waals surface area contributed by atoms with Gasteiger partial charge in [-0.15, -0.1) is 15.3 Å². The molecule has 0 atom stereocenters. The average Bonchev–Trinajstić information content (AvgIpc) is 3.02. The van der Waals surface area contributed by atoms with Crippen molar-refractivity contribution in [3.8, 4) is 0 Å². The second-order valence-corrected chi connectivity index (χ2v) is 7.72. The molecule has 27 heavy (non-hydrogen) atoms. The summed E-state index contributed by atoms with van der Waals surface area (Å²) in [6, 6.07) is 6.63. The second kappa shape index (κ2) is 6.53. The van der Waals surface area contributed by atoms with Crippen LogP contribution in [0.5, 0.6) is 0 Å². The van der Waals surface area contributed by atoms with Gasteiger partial charge in [-0.2, -0.15) is 14.7 Å². The first-order valence-electron chi connectivity index (χ1n) is 9.66. The molecule has 140 valence electrons. The van der Waals surface area contributed by atoms with Crippen molar-refractivity contribution in [2.45, 2.75) is 45.2 Å².